The maximum atomic E-state index is 5.66. The van der Waals surface area contributed by atoms with E-state index >= 15 is 0 Å². The molecule has 0 amide bonds. The van der Waals surface area contributed by atoms with Gasteiger partial charge in [0.1, 0.15) is 5.15 Å². The monoisotopic (exact) mass is 231 g/mol. The number of halogens is 2. The van der Waals surface area contributed by atoms with E-state index in [-0.39, 0.29) is 0 Å². The van der Waals surface area contributed by atoms with Gasteiger partial charge < -0.3 is 4.42 Å². The molecule has 2 heterocycles. The summed E-state index contributed by atoms with van der Waals surface area (Å²) in [4.78, 5) is 3.87. The smallest absolute Gasteiger partial charge is 0.170 e. The highest BCUT2D eigenvalue weighted by molar-refractivity contribution is 9.10. The van der Waals surface area contributed by atoms with Crippen LogP contribution < -0.4 is 0 Å². The van der Waals surface area contributed by atoms with Crippen LogP contribution in [0, 0.1) is 0 Å². The van der Waals surface area contributed by atoms with Crippen molar-refractivity contribution in [1.29, 1.82) is 0 Å². The van der Waals surface area contributed by atoms with E-state index < -0.39 is 0 Å². The van der Waals surface area contributed by atoms with E-state index in [0.29, 0.717) is 9.82 Å². The Balaban J connectivity index is 2.82. The number of fused-ring (bicyclic) bond motifs is 1. The first kappa shape index (κ1) is 7.13. The molecule has 0 N–H and O–H groups in total. The minimum absolute atomic E-state index is 0.478. The lowest BCUT2D eigenvalue weighted by molar-refractivity contribution is 0.586. The van der Waals surface area contributed by atoms with Crippen molar-refractivity contribution < 1.29 is 4.42 Å². The SMILES string of the molecule is Clc1cc2cc(Br)oc2cn1. The summed E-state index contributed by atoms with van der Waals surface area (Å²) in [6.45, 7) is 0. The fourth-order valence-electron chi connectivity index (χ4n) is 0.886. The molecule has 0 radical (unpaired) electrons. The standard InChI is InChI=1S/C7H3BrClNO/c8-6-1-4-2-7(9)10-3-5(4)11-6/h1-3H. The van der Waals surface area contributed by atoms with Crippen molar-refractivity contribution in [3.8, 4) is 0 Å². The van der Waals surface area contributed by atoms with Gasteiger partial charge in [0.2, 0.25) is 0 Å². The summed E-state index contributed by atoms with van der Waals surface area (Å²) >= 11 is 8.87. The van der Waals surface area contributed by atoms with Crippen LogP contribution in [0.15, 0.2) is 27.4 Å². The van der Waals surface area contributed by atoms with Gasteiger partial charge in [-0.1, -0.05) is 11.6 Å². The Labute approximate surface area is 76.3 Å². The third-order valence-electron chi connectivity index (χ3n) is 1.34. The van der Waals surface area contributed by atoms with Gasteiger partial charge in [-0.05, 0) is 28.1 Å². The number of rotatable bonds is 0. The summed E-state index contributed by atoms with van der Waals surface area (Å²) in [6.07, 6.45) is 1.60. The van der Waals surface area contributed by atoms with Crippen molar-refractivity contribution in [2.24, 2.45) is 0 Å². The Morgan fingerprint density at radius 1 is 1.45 bits per heavy atom. The maximum absolute atomic E-state index is 5.66. The average Bonchev–Trinajstić information content (AvgIpc) is 2.27. The summed E-state index contributed by atoms with van der Waals surface area (Å²) in [5.41, 5.74) is 0.737. The zero-order chi connectivity index (χ0) is 7.84. The van der Waals surface area contributed by atoms with Crippen molar-refractivity contribution in [3.63, 3.8) is 0 Å². The molecule has 2 aromatic heterocycles. The summed E-state index contributed by atoms with van der Waals surface area (Å²) < 4.78 is 5.91. The van der Waals surface area contributed by atoms with Gasteiger partial charge in [0.05, 0.1) is 6.20 Å². The van der Waals surface area contributed by atoms with E-state index in [1.807, 2.05) is 6.07 Å². The fourth-order valence-corrected chi connectivity index (χ4v) is 1.47. The maximum Gasteiger partial charge on any atom is 0.170 e. The highest BCUT2D eigenvalue weighted by Gasteiger charge is 2.01. The Hall–Kier alpha value is -0.540. The van der Waals surface area contributed by atoms with E-state index in [1.165, 1.54) is 0 Å². The molecule has 0 saturated heterocycles. The van der Waals surface area contributed by atoms with Gasteiger partial charge in [-0.3, -0.25) is 0 Å². The van der Waals surface area contributed by atoms with Crippen LogP contribution in [0.4, 0.5) is 0 Å². The van der Waals surface area contributed by atoms with Crippen molar-refractivity contribution in [3.05, 3.63) is 28.2 Å². The third kappa shape index (κ3) is 1.26. The molecule has 0 aliphatic carbocycles. The van der Waals surface area contributed by atoms with E-state index in [1.54, 1.807) is 12.3 Å². The normalized spacial score (nSPS) is 10.7. The van der Waals surface area contributed by atoms with Crippen LogP contribution in [-0.2, 0) is 0 Å². The molecule has 56 valence electrons. The van der Waals surface area contributed by atoms with Crippen LogP contribution in [0.1, 0.15) is 0 Å². The van der Waals surface area contributed by atoms with Crippen LogP contribution in [0.2, 0.25) is 5.15 Å². The number of pyridine rings is 1. The van der Waals surface area contributed by atoms with E-state index in [9.17, 15) is 0 Å². The second kappa shape index (κ2) is 2.50. The van der Waals surface area contributed by atoms with Crippen LogP contribution in [0.5, 0.6) is 0 Å². The Bertz CT molecular complexity index is 398. The largest absolute Gasteiger partial charge is 0.448 e. The molecule has 0 aromatic carbocycles. The second-order valence-electron chi connectivity index (χ2n) is 2.10. The molecule has 11 heavy (non-hydrogen) atoms. The molecular formula is C7H3BrClNO. The van der Waals surface area contributed by atoms with Gasteiger partial charge in [0.25, 0.3) is 0 Å². The second-order valence-corrected chi connectivity index (χ2v) is 3.26. The predicted octanol–water partition coefficient (Wildman–Crippen LogP) is 3.24. The first-order valence-electron chi connectivity index (χ1n) is 2.96. The topological polar surface area (TPSA) is 26.0 Å². The minimum Gasteiger partial charge on any atom is -0.448 e. The molecule has 0 fully saturated rings. The number of nitrogens with zero attached hydrogens (tertiary/aromatic N) is 1. The van der Waals surface area contributed by atoms with Crippen LogP contribution >= 0.6 is 27.5 Å². The van der Waals surface area contributed by atoms with Crippen molar-refractivity contribution in [2.45, 2.75) is 0 Å². The van der Waals surface area contributed by atoms with Gasteiger partial charge in [0, 0.05) is 5.39 Å². The molecule has 0 spiro atoms. The summed E-state index contributed by atoms with van der Waals surface area (Å²) in [5.74, 6) is 0. The number of furan rings is 1. The van der Waals surface area contributed by atoms with E-state index in [2.05, 4.69) is 20.9 Å². The molecule has 0 aliphatic heterocycles. The van der Waals surface area contributed by atoms with Crippen LogP contribution in [0.25, 0.3) is 11.0 Å². The van der Waals surface area contributed by atoms with E-state index in [4.69, 9.17) is 16.0 Å². The van der Waals surface area contributed by atoms with Crippen molar-refractivity contribution in [2.75, 3.05) is 0 Å². The molecule has 0 atom stereocenters. The quantitative estimate of drug-likeness (QED) is 0.652. The molecule has 0 saturated carbocycles. The summed E-state index contributed by atoms with van der Waals surface area (Å²) in [7, 11) is 0. The Morgan fingerprint density at radius 3 is 3.09 bits per heavy atom. The number of aromatic nitrogens is 1. The van der Waals surface area contributed by atoms with Gasteiger partial charge in [-0.2, -0.15) is 0 Å². The van der Waals surface area contributed by atoms with Gasteiger partial charge in [-0.25, -0.2) is 4.98 Å². The summed E-state index contributed by atoms with van der Waals surface area (Å²) in [5, 5.41) is 1.43. The lowest BCUT2D eigenvalue weighted by Gasteiger charge is -1.86. The molecular weight excluding hydrogens is 229 g/mol. The predicted molar refractivity (Wildman–Crippen MR) is 46.7 cm³/mol. The van der Waals surface area contributed by atoms with Gasteiger partial charge in [-0.15, -0.1) is 0 Å². The molecule has 0 aliphatic rings. The van der Waals surface area contributed by atoms with E-state index in [0.717, 1.165) is 11.0 Å². The minimum atomic E-state index is 0.478. The van der Waals surface area contributed by atoms with Gasteiger partial charge in [0.15, 0.2) is 10.3 Å². The molecule has 0 unspecified atom stereocenters. The lowest BCUT2D eigenvalue weighted by atomic mass is 10.3. The zero-order valence-electron chi connectivity index (χ0n) is 5.34. The first-order chi connectivity index (χ1) is 5.25. The molecule has 2 aromatic rings. The molecule has 2 nitrogen and oxygen atoms in total. The average molecular weight is 232 g/mol. The molecule has 0 bridgehead atoms. The number of hydrogen-bond donors (Lipinski definition) is 0. The van der Waals surface area contributed by atoms with Gasteiger partial charge >= 0.3 is 0 Å². The highest BCUT2D eigenvalue weighted by atomic mass is 79.9. The van der Waals surface area contributed by atoms with Crippen molar-refractivity contribution >= 4 is 38.5 Å². The number of hydrogen-bond acceptors (Lipinski definition) is 2. The molecule has 4 heteroatoms. The Kier molecular flexibility index (Phi) is 1.62. The fraction of sp³-hybridized carbons (Fsp3) is 0. The molecule has 2 rings (SSSR count). The first-order valence-corrected chi connectivity index (χ1v) is 4.13. The Morgan fingerprint density at radius 2 is 2.27 bits per heavy atom. The zero-order valence-corrected chi connectivity index (χ0v) is 7.69. The summed E-state index contributed by atoms with van der Waals surface area (Å²) in [6, 6.07) is 3.61. The third-order valence-corrected chi connectivity index (χ3v) is 1.94. The highest BCUT2D eigenvalue weighted by Crippen LogP contribution is 2.23. The lowest BCUT2D eigenvalue weighted by Crippen LogP contribution is -1.70. The van der Waals surface area contributed by atoms with Crippen LogP contribution in [-0.4, -0.2) is 4.98 Å². The van der Waals surface area contributed by atoms with Crippen molar-refractivity contribution in [1.82, 2.24) is 4.98 Å². The van der Waals surface area contributed by atoms with Crippen LogP contribution in [0.3, 0.4) is 0 Å².